The van der Waals surface area contributed by atoms with E-state index in [0.717, 1.165) is 44.9 Å². The van der Waals surface area contributed by atoms with E-state index in [0.29, 0.717) is 23.4 Å². The van der Waals surface area contributed by atoms with Gasteiger partial charge in [-0.05, 0) is 73.4 Å². The minimum atomic E-state index is -0.929. The van der Waals surface area contributed by atoms with Crippen molar-refractivity contribution >= 4 is 29.4 Å². The second-order valence-electron chi connectivity index (χ2n) is 9.74. The molecule has 1 aliphatic rings. The Labute approximate surface area is 223 Å². The molecule has 37 heavy (non-hydrogen) atoms. The molecular weight excluding hydrogens is 492 g/mol. The monoisotopic (exact) mass is 528 g/mol. The predicted molar refractivity (Wildman–Crippen MR) is 143 cm³/mol. The third-order valence-corrected chi connectivity index (χ3v) is 7.16. The molecule has 7 nitrogen and oxygen atoms in total. The van der Waals surface area contributed by atoms with E-state index < -0.39 is 18.1 Å². The summed E-state index contributed by atoms with van der Waals surface area (Å²) in [6.45, 7) is 0. The van der Waals surface area contributed by atoms with Crippen LogP contribution in [0.1, 0.15) is 62.5 Å². The number of amides is 2. The van der Waals surface area contributed by atoms with Crippen LogP contribution in [0.15, 0.2) is 48.5 Å². The summed E-state index contributed by atoms with van der Waals surface area (Å²) in [5.74, 6) is -1.02. The maximum Gasteiger partial charge on any atom is 0.328 e. The van der Waals surface area contributed by atoms with Crippen molar-refractivity contribution in [2.24, 2.45) is 5.92 Å². The van der Waals surface area contributed by atoms with Gasteiger partial charge in [-0.2, -0.15) is 0 Å². The minimum Gasteiger partial charge on any atom is -0.508 e. The summed E-state index contributed by atoms with van der Waals surface area (Å²) in [5.41, 5.74) is 1.86. The van der Waals surface area contributed by atoms with Gasteiger partial charge in [0.15, 0.2) is 0 Å². The third kappa shape index (κ3) is 9.39. The summed E-state index contributed by atoms with van der Waals surface area (Å²) in [6, 6.07) is 12.6. The summed E-state index contributed by atoms with van der Waals surface area (Å²) in [7, 11) is 1.27. The second kappa shape index (κ2) is 14.6. The SMILES string of the molecule is COC(=O)C(Cc1cccc(O)c1)NC(=O)[C@@H](NC(=O)CCCCc1ccc(Cl)cc1)C1CCCCC1. The van der Waals surface area contributed by atoms with E-state index in [4.69, 9.17) is 16.3 Å². The molecule has 0 spiro atoms. The fourth-order valence-corrected chi connectivity index (χ4v) is 5.02. The van der Waals surface area contributed by atoms with Crippen LogP contribution >= 0.6 is 11.6 Å². The van der Waals surface area contributed by atoms with Crippen molar-refractivity contribution in [1.82, 2.24) is 10.6 Å². The number of halogens is 1. The summed E-state index contributed by atoms with van der Waals surface area (Å²) in [4.78, 5) is 38.7. The molecule has 2 aromatic rings. The van der Waals surface area contributed by atoms with E-state index in [1.54, 1.807) is 24.3 Å². The fourth-order valence-electron chi connectivity index (χ4n) is 4.89. The Morgan fingerprint density at radius 3 is 2.41 bits per heavy atom. The Balaban J connectivity index is 1.60. The lowest BCUT2D eigenvalue weighted by molar-refractivity contribution is -0.145. The lowest BCUT2D eigenvalue weighted by Gasteiger charge is -2.31. The molecule has 3 rings (SSSR count). The van der Waals surface area contributed by atoms with E-state index in [1.165, 1.54) is 12.7 Å². The number of rotatable bonds is 12. The summed E-state index contributed by atoms with van der Waals surface area (Å²) in [6.07, 6.45) is 7.74. The number of phenolic OH excluding ortho intramolecular Hbond substituents is 1. The van der Waals surface area contributed by atoms with Crippen molar-refractivity contribution < 1.29 is 24.2 Å². The van der Waals surface area contributed by atoms with Crippen LogP contribution < -0.4 is 10.6 Å². The Kier molecular flexibility index (Phi) is 11.3. The molecule has 1 saturated carbocycles. The summed E-state index contributed by atoms with van der Waals surface area (Å²) < 4.78 is 4.92. The molecule has 0 aliphatic heterocycles. The number of esters is 1. The number of phenols is 1. The predicted octanol–water partition coefficient (Wildman–Crippen LogP) is 4.72. The minimum absolute atomic E-state index is 0.0193. The lowest BCUT2D eigenvalue weighted by Crippen LogP contribution is -2.55. The van der Waals surface area contributed by atoms with E-state index in [1.807, 2.05) is 24.3 Å². The Morgan fingerprint density at radius 1 is 1.00 bits per heavy atom. The van der Waals surface area contributed by atoms with Crippen molar-refractivity contribution in [3.05, 3.63) is 64.7 Å². The number of unbranched alkanes of at least 4 members (excludes halogenated alkanes) is 1. The average Bonchev–Trinajstić information content (AvgIpc) is 2.90. The third-order valence-electron chi connectivity index (χ3n) is 6.91. The Hall–Kier alpha value is -3.06. The Morgan fingerprint density at radius 2 is 1.73 bits per heavy atom. The lowest BCUT2D eigenvalue weighted by atomic mass is 9.83. The molecule has 200 valence electrons. The van der Waals surface area contributed by atoms with Crippen molar-refractivity contribution in [2.45, 2.75) is 76.3 Å². The topological polar surface area (TPSA) is 105 Å². The van der Waals surface area contributed by atoms with Crippen molar-refractivity contribution in [1.29, 1.82) is 0 Å². The van der Waals surface area contributed by atoms with Crippen LogP contribution in [0.3, 0.4) is 0 Å². The number of carbonyl (C=O) groups is 3. The van der Waals surface area contributed by atoms with Crippen LogP contribution in [-0.4, -0.2) is 42.1 Å². The van der Waals surface area contributed by atoms with Crippen LogP contribution in [0.25, 0.3) is 0 Å². The van der Waals surface area contributed by atoms with Gasteiger partial charge in [-0.15, -0.1) is 0 Å². The van der Waals surface area contributed by atoms with Gasteiger partial charge in [-0.3, -0.25) is 9.59 Å². The van der Waals surface area contributed by atoms with Gasteiger partial charge in [0.25, 0.3) is 0 Å². The quantitative estimate of drug-likeness (QED) is 0.273. The standard InChI is InChI=1S/C29H37ClN2O5/c1-37-29(36)25(19-21-9-7-12-24(33)18-21)31-28(35)27(22-10-3-2-4-11-22)32-26(34)13-6-5-8-20-14-16-23(30)17-15-20/h7,9,12,14-18,22,25,27,33H,2-6,8,10-11,13,19H2,1H3,(H,31,35)(H,32,34)/t25?,27-/m0/s1. The number of hydrogen-bond donors (Lipinski definition) is 3. The van der Waals surface area contributed by atoms with Crippen LogP contribution in [0.4, 0.5) is 0 Å². The summed E-state index contributed by atoms with van der Waals surface area (Å²) in [5, 5.41) is 16.2. The molecular formula is C29H37ClN2O5. The van der Waals surface area contributed by atoms with Gasteiger partial charge < -0.3 is 20.5 Å². The zero-order valence-corrected chi connectivity index (χ0v) is 22.1. The molecule has 1 fully saturated rings. The molecule has 2 atom stereocenters. The zero-order valence-electron chi connectivity index (χ0n) is 21.4. The highest BCUT2D eigenvalue weighted by molar-refractivity contribution is 6.30. The molecule has 0 radical (unpaired) electrons. The van der Waals surface area contributed by atoms with Gasteiger partial charge in [-0.1, -0.05) is 55.1 Å². The molecule has 8 heteroatoms. The van der Waals surface area contributed by atoms with Gasteiger partial charge in [0, 0.05) is 17.9 Å². The van der Waals surface area contributed by atoms with Crippen LogP contribution in [-0.2, 0) is 32.0 Å². The number of methoxy groups -OCH3 is 1. The normalized spacial score (nSPS) is 15.4. The number of benzene rings is 2. The average molecular weight is 529 g/mol. The number of aryl methyl sites for hydroxylation is 1. The van der Waals surface area contributed by atoms with Crippen molar-refractivity contribution in [2.75, 3.05) is 7.11 Å². The number of hydrogen-bond acceptors (Lipinski definition) is 5. The Bertz CT molecular complexity index is 1040. The largest absolute Gasteiger partial charge is 0.508 e. The molecule has 0 bridgehead atoms. The van der Waals surface area contributed by atoms with Crippen molar-refractivity contribution in [3.8, 4) is 5.75 Å². The highest BCUT2D eigenvalue weighted by Crippen LogP contribution is 2.27. The number of aromatic hydroxyl groups is 1. The first-order valence-electron chi connectivity index (χ1n) is 13.1. The van der Waals surface area contributed by atoms with Gasteiger partial charge in [0.1, 0.15) is 17.8 Å². The first-order chi connectivity index (χ1) is 17.9. The van der Waals surface area contributed by atoms with E-state index in [9.17, 15) is 19.5 Å². The molecule has 3 N–H and O–H groups in total. The van der Waals surface area contributed by atoms with Crippen LogP contribution in [0.5, 0.6) is 5.75 Å². The highest BCUT2D eigenvalue weighted by Gasteiger charge is 2.33. The number of nitrogens with one attached hydrogen (secondary N) is 2. The molecule has 0 heterocycles. The van der Waals surface area contributed by atoms with Crippen LogP contribution in [0, 0.1) is 5.92 Å². The van der Waals surface area contributed by atoms with Gasteiger partial charge in [-0.25, -0.2) is 4.79 Å². The maximum absolute atomic E-state index is 13.4. The van der Waals surface area contributed by atoms with Gasteiger partial charge in [0.05, 0.1) is 7.11 Å². The van der Waals surface area contributed by atoms with E-state index >= 15 is 0 Å². The first-order valence-corrected chi connectivity index (χ1v) is 13.4. The van der Waals surface area contributed by atoms with Crippen LogP contribution in [0.2, 0.25) is 5.02 Å². The molecule has 2 aromatic carbocycles. The first kappa shape index (κ1) is 28.5. The molecule has 0 aromatic heterocycles. The number of carbonyl (C=O) groups excluding carboxylic acids is 3. The number of ether oxygens (including phenoxy) is 1. The maximum atomic E-state index is 13.4. The second-order valence-corrected chi connectivity index (χ2v) is 10.2. The zero-order chi connectivity index (χ0) is 26.6. The molecule has 1 unspecified atom stereocenters. The highest BCUT2D eigenvalue weighted by atomic mass is 35.5. The van der Waals surface area contributed by atoms with Gasteiger partial charge >= 0.3 is 5.97 Å². The van der Waals surface area contributed by atoms with E-state index in [-0.39, 0.29) is 29.9 Å². The molecule has 0 saturated heterocycles. The molecule has 2 amide bonds. The smallest absolute Gasteiger partial charge is 0.328 e. The van der Waals surface area contributed by atoms with E-state index in [2.05, 4.69) is 10.6 Å². The fraction of sp³-hybridized carbons (Fsp3) is 0.483. The van der Waals surface area contributed by atoms with Crippen molar-refractivity contribution in [3.63, 3.8) is 0 Å². The van der Waals surface area contributed by atoms with Gasteiger partial charge in [0.2, 0.25) is 11.8 Å². The molecule has 1 aliphatic carbocycles. The summed E-state index contributed by atoms with van der Waals surface area (Å²) >= 11 is 5.93.